The molecule has 0 aromatic heterocycles. The number of likely N-dealkylation sites (tertiary alicyclic amines) is 1. The van der Waals surface area contributed by atoms with Gasteiger partial charge in [0.2, 0.25) is 0 Å². The summed E-state index contributed by atoms with van der Waals surface area (Å²) in [6.07, 6.45) is 1.77. The first-order valence-electron chi connectivity index (χ1n) is 6.61. The molecule has 1 aromatic carbocycles. The van der Waals surface area contributed by atoms with Gasteiger partial charge in [0.1, 0.15) is 6.10 Å². The number of piperidine rings is 1. The van der Waals surface area contributed by atoms with E-state index in [0.717, 1.165) is 25.9 Å². The van der Waals surface area contributed by atoms with E-state index in [1.54, 1.807) is 12.1 Å². The van der Waals surface area contributed by atoms with Crippen LogP contribution in [-0.4, -0.2) is 35.9 Å². The first kappa shape index (κ1) is 13.2. The third-order valence-electron chi connectivity index (χ3n) is 3.63. The third kappa shape index (κ3) is 3.40. The Labute approximate surface area is 108 Å². The highest BCUT2D eigenvalue weighted by Crippen LogP contribution is 2.23. The van der Waals surface area contributed by atoms with Gasteiger partial charge in [0.05, 0.1) is 0 Å². The van der Waals surface area contributed by atoms with Crippen molar-refractivity contribution in [3.05, 3.63) is 35.9 Å². The van der Waals surface area contributed by atoms with Gasteiger partial charge in [-0.3, -0.25) is 4.79 Å². The van der Waals surface area contributed by atoms with E-state index < -0.39 is 6.10 Å². The van der Waals surface area contributed by atoms with Crippen LogP contribution in [0.1, 0.15) is 30.9 Å². The van der Waals surface area contributed by atoms with E-state index in [9.17, 15) is 9.90 Å². The molecule has 1 heterocycles. The Bertz CT molecular complexity index is 391. The van der Waals surface area contributed by atoms with Gasteiger partial charge in [-0.2, -0.15) is 0 Å². The van der Waals surface area contributed by atoms with E-state index in [2.05, 4.69) is 11.9 Å². The Morgan fingerprint density at radius 1 is 1.44 bits per heavy atom. The maximum Gasteiger partial charge on any atom is 0.166 e. The molecule has 0 aliphatic carbocycles. The standard InChI is InChI=1S/C15H21NO2/c1-16-9-5-6-12(11-16)10-14(17)15(18)13-7-3-2-4-8-13/h2-4,7-8,12,15,18H,5-6,9-11H2,1H3/t12-,15+/m0/s1. The number of hydrogen-bond donors (Lipinski definition) is 1. The van der Waals surface area contributed by atoms with Crippen LogP contribution < -0.4 is 0 Å². The number of aliphatic hydroxyl groups is 1. The van der Waals surface area contributed by atoms with E-state index in [1.165, 1.54) is 0 Å². The van der Waals surface area contributed by atoms with Crippen molar-refractivity contribution in [2.24, 2.45) is 5.92 Å². The van der Waals surface area contributed by atoms with Crippen molar-refractivity contribution in [2.45, 2.75) is 25.4 Å². The molecule has 1 fully saturated rings. The second kappa shape index (κ2) is 6.12. The smallest absolute Gasteiger partial charge is 0.166 e. The molecule has 2 atom stereocenters. The molecule has 3 nitrogen and oxygen atoms in total. The minimum absolute atomic E-state index is 0.0542. The van der Waals surface area contributed by atoms with E-state index in [0.29, 0.717) is 17.9 Å². The molecular formula is C15H21NO2. The molecule has 1 N–H and O–H groups in total. The Hall–Kier alpha value is -1.19. The van der Waals surface area contributed by atoms with Crippen LogP contribution in [-0.2, 0) is 4.79 Å². The molecule has 0 spiro atoms. The van der Waals surface area contributed by atoms with Gasteiger partial charge in [0.15, 0.2) is 5.78 Å². The molecule has 2 rings (SSSR count). The lowest BCUT2D eigenvalue weighted by Gasteiger charge is -2.29. The van der Waals surface area contributed by atoms with Crippen LogP contribution in [0.4, 0.5) is 0 Å². The lowest BCUT2D eigenvalue weighted by Crippen LogP contribution is -2.33. The summed E-state index contributed by atoms with van der Waals surface area (Å²) in [6.45, 7) is 2.08. The van der Waals surface area contributed by atoms with Crippen molar-refractivity contribution < 1.29 is 9.90 Å². The second-order valence-electron chi connectivity index (χ2n) is 5.25. The molecule has 0 radical (unpaired) electrons. The Morgan fingerprint density at radius 3 is 2.83 bits per heavy atom. The van der Waals surface area contributed by atoms with Crippen LogP contribution in [0.5, 0.6) is 0 Å². The highest BCUT2D eigenvalue weighted by Gasteiger charge is 2.24. The minimum Gasteiger partial charge on any atom is -0.381 e. The summed E-state index contributed by atoms with van der Waals surface area (Å²) in [4.78, 5) is 14.3. The maximum absolute atomic E-state index is 12.0. The fourth-order valence-corrected chi connectivity index (χ4v) is 2.66. The zero-order chi connectivity index (χ0) is 13.0. The molecule has 3 heteroatoms. The average Bonchev–Trinajstić information content (AvgIpc) is 2.39. The lowest BCUT2D eigenvalue weighted by molar-refractivity contribution is -0.128. The van der Waals surface area contributed by atoms with Crippen LogP contribution >= 0.6 is 0 Å². The first-order chi connectivity index (χ1) is 8.66. The number of benzene rings is 1. The fraction of sp³-hybridized carbons (Fsp3) is 0.533. The number of aliphatic hydroxyl groups excluding tert-OH is 1. The summed E-state index contributed by atoms with van der Waals surface area (Å²) in [5.74, 6) is 0.344. The summed E-state index contributed by atoms with van der Waals surface area (Å²) in [5, 5.41) is 10.0. The van der Waals surface area contributed by atoms with Crippen molar-refractivity contribution in [1.82, 2.24) is 4.90 Å². The van der Waals surface area contributed by atoms with Crippen LogP contribution in [0.25, 0.3) is 0 Å². The predicted molar refractivity (Wildman–Crippen MR) is 71.2 cm³/mol. The summed E-state index contributed by atoms with van der Waals surface area (Å²) in [5.41, 5.74) is 0.701. The van der Waals surface area contributed by atoms with Gasteiger partial charge in [0, 0.05) is 13.0 Å². The number of carbonyl (C=O) groups is 1. The van der Waals surface area contributed by atoms with Crippen LogP contribution in [0.15, 0.2) is 30.3 Å². The summed E-state index contributed by atoms with van der Waals surface area (Å²) >= 11 is 0. The van der Waals surface area contributed by atoms with E-state index in [-0.39, 0.29) is 5.78 Å². The van der Waals surface area contributed by atoms with Crippen molar-refractivity contribution in [3.8, 4) is 0 Å². The van der Waals surface area contributed by atoms with Crippen LogP contribution in [0.2, 0.25) is 0 Å². The highest BCUT2D eigenvalue weighted by atomic mass is 16.3. The van der Waals surface area contributed by atoms with Crippen molar-refractivity contribution in [3.63, 3.8) is 0 Å². The zero-order valence-electron chi connectivity index (χ0n) is 10.9. The van der Waals surface area contributed by atoms with Crippen molar-refractivity contribution in [1.29, 1.82) is 0 Å². The molecule has 0 saturated carbocycles. The lowest BCUT2D eigenvalue weighted by atomic mass is 9.90. The Morgan fingerprint density at radius 2 is 2.17 bits per heavy atom. The summed E-state index contributed by atoms with van der Waals surface area (Å²) in [6, 6.07) is 9.18. The van der Waals surface area contributed by atoms with Gasteiger partial charge in [-0.1, -0.05) is 30.3 Å². The number of carbonyl (C=O) groups excluding carboxylic acids is 1. The number of Topliss-reactive ketones (excluding diaryl/α,β-unsaturated/α-hetero) is 1. The van der Waals surface area contributed by atoms with Gasteiger partial charge in [-0.15, -0.1) is 0 Å². The van der Waals surface area contributed by atoms with Crippen LogP contribution in [0.3, 0.4) is 0 Å². The predicted octanol–water partition coefficient (Wildman–Crippen LogP) is 2.02. The number of hydrogen-bond acceptors (Lipinski definition) is 3. The largest absolute Gasteiger partial charge is 0.381 e. The Balaban J connectivity index is 1.91. The molecule has 0 amide bonds. The van der Waals surface area contributed by atoms with Gasteiger partial charge >= 0.3 is 0 Å². The quantitative estimate of drug-likeness (QED) is 0.885. The van der Waals surface area contributed by atoms with E-state index in [4.69, 9.17) is 0 Å². The average molecular weight is 247 g/mol. The normalized spacial score (nSPS) is 22.7. The van der Waals surface area contributed by atoms with Crippen molar-refractivity contribution in [2.75, 3.05) is 20.1 Å². The summed E-state index contributed by atoms with van der Waals surface area (Å²) < 4.78 is 0. The topological polar surface area (TPSA) is 40.5 Å². The molecule has 0 bridgehead atoms. The van der Waals surface area contributed by atoms with E-state index in [1.807, 2.05) is 18.2 Å². The molecule has 1 saturated heterocycles. The van der Waals surface area contributed by atoms with Crippen LogP contribution in [0, 0.1) is 5.92 Å². The second-order valence-corrected chi connectivity index (χ2v) is 5.25. The van der Waals surface area contributed by atoms with E-state index >= 15 is 0 Å². The molecule has 1 aliphatic heterocycles. The minimum atomic E-state index is -0.960. The zero-order valence-corrected chi connectivity index (χ0v) is 10.9. The SMILES string of the molecule is CN1CCC[C@@H](CC(=O)[C@H](O)c2ccccc2)C1. The van der Waals surface area contributed by atoms with Gasteiger partial charge < -0.3 is 10.0 Å². The number of nitrogens with zero attached hydrogens (tertiary/aromatic N) is 1. The summed E-state index contributed by atoms with van der Waals surface area (Å²) in [7, 11) is 2.09. The van der Waals surface area contributed by atoms with Gasteiger partial charge in [-0.05, 0) is 37.9 Å². The molecule has 98 valence electrons. The van der Waals surface area contributed by atoms with Gasteiger partial charge in [0.25, 0.3) is 0 Å². The number of rotatable bonds is 4. The fourth-order valence-electron chi connectivity index (χ4n) is 2.66. The molecule has 0 unspecified atom stereocenters. The monoisotopic (exact) mass is 247 g/mol. The highest BCUT2D eigenvalue weighted by molar-refractivity contribution is 5.84. The van der Waals surface area contributed by atoms with Gasteiger partial charge in [-0.25, -0.2) is 0 Å². The number of ketones is 1. The Kier molecular flexibility index (Phi) is 4.50. The first-order valence-corrected chi connectivity index (χ1v) is 6.61. The third-order valence-corrected chi connectivity index (χ3v) is 3.63. The molecule has 1 aromatic rings. The molecule has 1 aliphatic rings. The maximum atomic E-state index is 12.0. The van der Waals surface area contributed by atoms with Crippen molar-refractivity contribution >= 4 is 5.78 Å². The molecular weight excluding hydrogens is 226 g/mol. The molecule has 18 heavy (non-hydrogen) atoms.